The summed E-state index contributed by atoms with van der Waals surface area (Å²) in [4.78, 5) is 23.5. The number of ether oxygens (including phenoxy) is 3. The zero-order chi connectivity index (χ0) is 18.5. The summed E-state index contributed by atoms with van der Waals surface area (Å²) in [5, 5.41) is 0. The van der Waals surface area contributed by atoms with Crippen LogP contribution in [0.15, 0.2) is 36.5 Å². The molecular weight excluding hydrogens is 334 g/mol. The van der Waals surface area contributed by atoms with Crippen molar-refractivity contribution in [3.8, 4) is 11.8 Å². The van der Waals surface area contributed by atoms with E-state index in [1.54, 1.807) is 25.4 Å². The first-order valence-electron chi connectivity index (χ1n) is 8.46. The van der Waals surface area contributed by atoms with Gasteiger partial charge in [0.2, 0.25) is 11.8 Å². The van der Waals surface area contributed by atoms with E-state index in [9.17, 15) is 4.79 Å². The number of pyridine rings is 2. The van der Waals surface area contributed by atoms with Gasteiger partial charge in [0.05, 0.1) is 20.8 Å². The first kappa shape index (κ1) is 18.1. The second-order valence-corrected chi connectivity index (χ2v) is 6.20. The van der Waals surface area contributed by atoms with Crippen LogP contribution in [0.2, 0.25) is 0 Å². The van der Waals surface area contributed by atoms with Crippen LogP contribution in [0, 0.1) is 5.92 Å². The molecule has 138 valence electrons. The van der Waals surface area contributed by atoms with Gasteiger partial charge in [-0.05, 0) is 18.2 Å². The van der Waals surface area contributed by atoms with E-state index >= 15 is 0 Å². The predicted octanol–water partition coefficient (Wildman–Crippen LogP) is 2.00. The molecule has 0 bridgehead atoms. The average molecular weight is 357 g/mol. The number of carbonyl (C=O) groups is 1. The largest absolute Gasteiger partial charge is 0.481 e. The highest BCUT2D eigenvalue weighted by molar-refractivity contribution is 5.96. The Morgan fingerprint density at radius 2 is 2.00 bits per heavy atom. The normalized spacial score (nSPS) is 19.4. The van der Waals surface area contributed by atoms with Gasteiger partial charge in [-0.25, -0.2) is 0 Å². The van der Waals surface area contributed by atoms with Crippen molar-refractivity contribution in [1.29, 1.82) is 0 Å². The Balaban J connectivity index is 1.84. The summed E-state index contributed by atoms with van der Waals surface area (Å²) in [5.74, 6) is 0.882. The van der Waals surface area contributed by atoms with Crippen LogP contribution in [-0.4, -0.2) is 61.8 Å². The van der Waals surface area contributed by atoms with Gasteiger partial charge in [-0.2, -0.15) is 4.98 Å². The zero-order valence-corrected chi connectivity index (χ0v) is 15.2. The Labute approximate surface area is 152 Å². The minimum Gasteiger partial charge on any atom is -0.481 e. The summed E-state index contributed by atoms with van der Waals surface area (Å²) >= 11 is 0. The van der Waals surface area contributed by atoms with Crippen molar-refractivity contribution in [2.24, 2.45) is 5.92 Å². The van der Waals surface area contributed by atoms with Gasteiger partial charge in [-0.3, -0.25) is 9.78 Å². The first-order chi connectivity index (χ1) is 12.7. The number of methoxy groups -OCH3 is 3. The Kier molecular flexibility index (Phi) is 5.68. The number of likely N-dealkylation sites (tertiary alicyclic amines) is 1. The van der Waals surface area contributed by atoms with Crippen LogP contribution in [0.25, 0.3) is 0 Å². The van der Waals surface area contributed by atoms with Crippen LogP contribution in [0.1, 0.15) is 22.0 Å². The summed E-state index contributed by atoms with van der Waals surface area (Å²) < 4.78 is 15.7. The standard InChI is InChI=1S/C19H23N3O4/c1-24-12-13-10-22(11-15(13)16-6-4-5-9-20-16)19(23)14-7-8-17(25-2)21-18(14)26-3/h4-9,13,15H,10-12H2,1-3H3/t13-,15+/m0/s1. The molecule has 2 aromatic heterocycles. The minimum absolute atomic E-state index is 0.114. The highest BCUT2D eigenvalue weighted by Crippen LogP contribution is 2.33. The number of rotatable bonds is 6. The van der Waals surface area contributed by atoms with Crippen LogP contribution >= 0.6 is 0 Å². The fourth-order valence-electron chi connectivity index (χ4n) is 3.38. The van der Waals surface area contributed by atoms with E-state index in [0.29, 0.717) is 31.1 Å². The van der Waals surface area contributed by atoms with E-state index in [1.807, 2.05) is 23.1 Å². The van der Waals surface area contributed by atoms with E-state index in [2.05, 4.69) is 9.97 Å². The lowest BCUT2D eigenvalue weighted by Crippen LogP contribution is -2.30. The molecule has 3 rings (SSSR count). The summed E-state index contributed by atoms with van der Waals surface area (Å²) in [5.41, 5.74) is 1.40. The number of hydrogen-bond donors (Lipinski definition) is 0. The Bertz CT molecular complexity index is 754. The van der Waals surface area contributed by atoms with Crippen molar-refractivity contribution < 1.29 is 19.0 Å². The lowest BCUT2D eigenvalue weighted by molar-refractivity contribution is 0.0771. The quantitative estimate of drug-likeness (QED) is 0.787. The summed E-state index contributed by atoms with van der Waals surface area (Å²) in [7, 11) is 4.69. The smallest absolute Gasteiger partial charge is 0.259 e. The van der Waals surface area contributed by atoms with Gasteiger partial charge < -0.3 is 19.1 Å². The fraction of sp³-hybridized carbons (Fsp3) is 0.421. The summed E-state index contributed by atoms with van der Waals surface area (Å²) in [6.07, 6.45) is 1.78. The van der Waals surface area contributed by atoms with Crippen LogP contribution in [-0.2, 0) is 4.74 Å². The number of hydrogen-bond acceptors (Lipinski definition) is 6. The fourth-order valence-corrected chi connectivity index (χ4v) is 3.38. The van der Waals surface area contributed by atoms with E-state index in [-0.39, 0.29) is 23.6 Å². The SMILES string of the molecule is COC[C@@H]1CN(C(=O)c2ccc(OC)nc2OC)C[C@H]1c1ccccn1. The third kappa shape index (κ3) is 3.62. The van der Waals surface area contributed by atoms with E-state index < -0.39 is 0 Å². The molecule has 1 fully saturated rings. The second-order valence-electron chi connectivity index (χ2n) is 6.20. The van der Waals surface area contributed by atoms with Gasteiger partial charge in [-0.15, -0.1) is 0 Å². The molecule has 0 aromatic carbocycles. The van der Waals surface area contributed by atoms with Gasteiger partial charge in [-0.1, -0.05) is 6.07 Å². The Morgan fingerprint density at radius 1 is 1.15 bits per heavy atom. The van der Waals surface area contributed by atoms with Gasteiger partial charge in [0, 0.05) is 50.0 Å². The maximum absolute atomic E-state index is 13.1. The second kappa shape index (κ2) is 8.14. The van der Waals surface area contributed by atoms with Crippen LogP contribution < -0.4 is 9.47 Å². The van der Waals surface area contributed by atoms with Crippen LogP contribution in [0.4, 0.5) is 0 Å². The van der Waals surface area contributed by atoms with Crippen molar-refractivity contribution in [2.45, 2.75) is 5.92 Å². The molecule has 0 aliphatic carbocycles. The molecule has 0 unspecified atom stereocenters. The molecule has 0 radical (unpaired) electrons. The molecule has 0 saturated carbocycles. The van der Waals surface area contributed by atoms with E-state index in [0.717, 1.165) is 5.69 Å². The van der Waals surface area contributed by atoms with Crippen LogP contribution in [0.5, 0.6) is 11.8 Å². The summed E-state index contributed by atoms with van der Waals surface area (Å²) in [6.45, 7) is 1.76. The van der Waals surface area contributed by atoms with Crippen molar-refractivity contribution in [3.05, 3.63) is 47.8 Å². The topological polar surface area (TPSA) is 73.8 Å². The summed E-state index contributed by atoms with van der Waals surface area (Å²) in [6, 6.07) is 9.20. The molecule has 1 aliphatic rings. The van der Waals surface area contributed by atoms with Gasteiger partial charge in [0.1, 0.15) is 5.56 Å². The molecular formula is C19H23N3O4. The third-order valence-corrected chi connectivity index (χ3v) is 4.64. The van der Waals surface area contributed by atoms with Gasteiger partial charge in [0.25, 0.3) is 5.91 Å². The molecule has 0 N–H and O–H groups in total. The molecule has 2 atom stereocenters. The van der Waals surface area contributed by atoms with Crippen molar-refractivity contribution in [2.75, 3.05) is 41.0 Å². The molecule has 1 saturated heterocycles. The molecule has 3 heterocycles. The van der Waals surface area contributed by atoms with Gasteiger partial charge in [0.15, 0.2) is 0 Å². The average Bonchev–Trinajstić information content (AvgIpc) is 3.11. The number of carbonyl (C=O) groups excluding carboxylic acids is 1. The zero-order valence-electron chi connectivity index (χ0n) is 15.2. The minimum atomic E-state index is -0.114. The van der Waals surface area contributed by atoms with Crippen molar-refractivity contribution in [1.82, 2.24) is 14.9 Å². The number of nitrogens with zero attached hydrogens (tertiary/aromatic N) is 3. The predicted molar refractivity (Wildman–Crippen MR) is 95.6 cm³/mol. The number of aromatic nitrogens is 2. The van der Waals surface area contributed by atoms with E-state index in [1.165, 1.54) is 14.2 Å². The Morgan fingerprint density at radius 3 is 2.65 bits per heavy atom. The van der Waals surface area contributed by atoms with Gasteiger partial charge >= 0.3 is 0 Å². The Hall–Kier alpha value is -2.67. The number of amides is 1. The molecule has 1 amide bonds. The third-order valence-electron chi connectivity index (χ3n) is 4.64. The highest BCUT2D eigenvalue weighted by Gasteiger charge is 2.38. The molecule has 1 aliphatic heterocycles. The highest BCUT2D eigenvalue weighted by atomic mass is 16.5. The molecule has 7 nitrogen and oxygen atoms in total. The lowest BCUT2D eigenvalue weighted by Gasteiger charge is -2.18. The maximum Gasteiger partial charge on any atom is 0.259 e. The monoisotopic (exact) mass is 357 g/mol. The molecule has 7 heteroatoms. The van der Waals surface area contributed by atoms with Crippen LogP contribution in [0.3, 0.4) is 0 Å². The maximum atomic E-state index is 13.1. The van der Waals surface area contributed by atoms with Crippen molar-refractivity contribution >= 4 is 5.91 Å². The first-order valence-corrected chi connectivity index (χ1v) is 8.46. The molecule has 0 spiro atoms. The molecule has 2 aromatic rings. The van der Waals surface area contributed by atoms with Crippen molar-refractivity contribution in [3.63, 3.8) is 0 Å². The van der Waals surface area contributed by atoms with E-state index in [4.69, 9.17) is 14.2 Å². The molecule has 26 heavy (non-hydrogen) atoms. The lowest BCUT2D eigenvalue weighted by atomic mass is 9.93.